The van der Waals surface area contributed by atoms with Crippen LogP contribution in [0.3, 0.4) is 0 Å². The Kier molecular flexibility index (Phi) is 9.61. The molecular weight excluding hydrogens is 375 g/mol. The maximum absolute atomic E-state index is 4.62. The fourth-order valence-electron chi connectivity index (χ4n) is 1.55. The summed E-state index contributed by atoms with van der Waals surface area (Å²) < 4.78 is 0. The van der Waals surface area contributed by atoms with E-state index < -0.39 is 0 Å². The van der Waals surface area contributed by atoms with E-state index in [0.717, 1.165) is 19.0 Å². The molecule has 0 heterocycles. The summed E-state index contributed by atoms with van der Waals surface area (Å²) in [6.07, 6.45) is 0. The Morgan fingerprint density at radius 1 is 1.14 bits per heavy atom. The van der Waals surface area contributed by atoms with Gasteiger partial charge in [0, 0.05) is 18.6 Å². The molecule has 0 atom stereocenters. The average molecular weight is 404 g/mol. The lowest BCUT2D eigenvalue weighted by Crippen LogP contribution is -2.50. The largest absolute Gasteiger partial charge is 0.357 e. The van der Waals surface area contributed by atoms with E-state index in [1.54, 1.807) is 0 Å². The van der Waals surface area contributed by atoms with Crippen LogP contribution in [0.4, 0.5) is 0 Å². The summed E-state index contributed by atoms with van der Waals surface area (Å²) in [4.78, 5) is 6.83. The second-order valence-electron chi connectivity index (χ2n) is 5.74. The van der Waals surface area contributed by atoms with Gasteiger partial charge in [-0.15, -0.1) is 24.0 Å². The summed E-state index contributed by atoms with van der Waals surface area (Å²) in [5, 5.41) is 6.69. The van der Waals surface area contributed by atoms with E-state index >= 15 is 0 Å². The topological polar surface area (TPSA) is 39.7 Å². The zero-order valence-electron chi connectivity index (χ0n) is 13.8. The first-order valence-corrected chi connectivity index (χ1v) is 7.19. The van der Waals surface area contributed by atoms with Crippen LogP contribution in [0.5, 0.6) is 0 Å². The van der Waals surface area contributed by atoms with Gasteiger partial charge in [0.15, 0.2) is 5.96 Å². The molecule has 1 rings (SSSR count). The van der Waals surface area contributed by atoms with Gasteiger partial charge in [-0.3, -0.25) is 0 Å². The molecule has 5 heteroatoms. The molecule has 0 fully saturated rings. The van der Waals surface area contributed by atoms with Crippen molar-refractivity contribution in [1.29, 1.82) is 0 Å². The van der Waals surface area contributed by atoms with E-state index in [1.165, 1.54) is 5.56 Å². The molecule has 0 bridgehead atoms. The number of nitrogens with zero attached hydrogens (tertiary/aromatic N) is 2. The zero-order valence-corrected chi connectivity index (χ0v) is 16.1. The summed E-state index contributed by atoms with van der Waals surface area (Å²) in [5.41, 5.74) is 1.31. The third-order valence-electron chi connectivity index (χ3n) is 3.51. The first-order chi connectivity index (χ1) is 9.45. The first kappa shape index (κ1) is 20.2. The Morgan fingerprint density at radius 3 is 2.29 bits per heavy atom. The molecule has 120 valence electrons. The fraction of sp³-hybridized carbons (Fsp3) is 0.562. The summed E-state index contributed by atoms with van der Waals surface area (Å²) in [5.74, 6) is 0.867. The first-order valence-electron chi connectivity index (χ1n) is 7.19. The van der Waals surface area contributed by atoms with Crippen LogP contribution in [-0.2, 0) is 6.54 Å². The number of likely N-dealkylation sites (N-methyl/N-ethyl adjacent to an activating group) is 1. The van der Waals surface area contributed by atoms with Crippen LogP contribution in [-0.4, -0.2) is 43.6 Å². The molecule has 2 N–H and O–H groups in total. The minimum absolute atomic E-state index is 0. The lowest BCUT2D eigenvalue weighted by molar-refractivity contribution is 0.197. The zero-order chi connectivity index (χ0) is 15.0. The van der Waals surface area contributed by atoms with Crippen molar-refractivity contribution in [3.05, 3.63) is 35.9 Å². The highest BCUT2D eigenvalue weighted by atomic mass is 127. The van der Waals surface area contributed by atoms with Gasteiger partial charge in [-0.05, 0) is 40.4 Å². The van der Waals surface area contributed by atoms with Crippen molar-refractivity contribution in [2.75, 3.05) is 27.2 Å². The van der Waals surface area contributed by atoms with Gasteiger partial charge in [0.2, 0.25) is 0 Å². The predicted octanol–water partition coefficient (Wildman–Crippen LogP) is 2.70. The number of hydrogen-bond donors (Lipinski definition) is 2. The van der Waals surface area contributed by atoms with E-state index in [1.807, 2.05) is 18.2 Å². The molecule has 1 aromatic rings. The molecule has 1 aromatic carbocycles. The summed E-state index contributed by atoms with van der Waals surface area (Å²) in [6.45, 7) is 8.90. The van der Waals surface area contributed by atoms with Gasteiger partial charge in [-0.2, -0.15) is 0 Å². The Balaban J connectivity index is 0.00000400. The molecule has 4 nitrogen and oxygen atoms in total. The normalized spacial score (nSPS) is 12.0. The number of aliphatic imine (C=N–C) groups is 1. The Hall–Kier alpha value is -0.820. The smallest absolute Gasteiger partial charge is 0.191 e. The van der Waals surface area contributed by atoms with Crippen LogP contribution >= 0.6 is 24.0 Å². The Bertz CT molecular complexity index is 416. The minimum Gasteiger partial charge on any atom is -0.357 e. The van der Waals surface area contributed by atoms with Crippen molar-refractivity contribution in [3.8, 4) is 0 Å². The highest BCUT2D eigenvalue weighted by Crippen LogP contribution is 2.07. The number of hydrogen-bond acceptors (Lipinski definition) is 2. The average Bonchev–Trinajstić information content (AvgIpc) is 2.43. The van der Waals surface area contributed by atoms with Gasteiger partial charge >= 0.3 is 0 Å². The molecule has 0 saturated carbocycles. The van der Waals surface area contributed by atoms with Gasteiger partial charge in [-0.1, -0.05) is 30.3 Å². The Morgan fingerprint density at radius 2 is 1.76 bits per heavy atom. The van der Waals surface area contributed by atoms with E-state index in [-0.39, 0.29) is 29.5 Å². The molecule has 0 aliphatic rings. The predicted molar refractivity (Wildman–Crippen MR) is 102 cm³/mol. The van der Waals surface area contributed by atoms with Crippen LogP contribution in [0.15, 0.2) is 35.3 Å². The Labute approximate surface area is 146 Å². The maximum atomic E-state index is 4.62. The van der Waals surface area contributed by atoms with Crippen LogP contribution in [0, 0.1) is 0 Å². The molecule has 0 saturated heterocycles. The second kappa shape index (κ2) is 10.00. The quantitative estimate of drug-likeness (QED) is 0.435. The summed E-state index contributed by atoms with van der Waals surface area (Å²) in [7, 11) is 4.19. The molecular formula is C16H29IN4. The standard InChI is InChI=1S/C16H28N4.HI/c1-6-17-15(19-13-16(2,3)20(4)5)18-12-14-10-8-7-9-11-14;/h7-11H,6,12-13H2,1-5H3,(H2,17,18,19);1H. The molecule has 0 spiro atoms. The van der Waals surface area contributed by atoms with Gasteiger partial charge in [0.1, 0.15) is 0 Å². The second-order valence-corrected chi connectivity index (χ2v) is 5.74. The number of benzene rings is 1. The molecule has 0 unspecified atom stereocenters. The number of guanidine groups is 1. The molecule has 0 aliphatic heterocycles. The van der Waals surface area contributed by atoms with E-state index in [2.05, 4.69) is 67.5 Å². The van der Waals surface area contributed by atoms with E-state index in [4.69, 9.17) is 0 Å². The summed E-state index contributed by atoms with van der Waals surface area (Å²) in [6, 6.07) is 10.3. The van der Waals surface area contributed by atoms with Crippen molar-refractivity contribution in [1.82, 2.24) is 15.5 Å². The SMILES string of the molecule is CCNC(=NCc1ccccc1)NCC(C)(C)N(C)C.I. The molecule has 0 aromatic heterocycles. The third-order valence-corrected chi connectivity index (χ3v) is 3.51. The molecule has 0 amide bonds. The summed E-state index contributed by atoms with van der Waals surface area (Å²) >= 11 is 0. The van der Waals surface area contributed by atoms with Crippen LogP contribution in [0.2, 0.25) is 0 Å². The van der Waals surface area contributed by atoms with Gasteiger partial charge in [-0.25, -0.2) is 4.99 Å². The number of halogens is 1. The van der Waals surface area contributed by atoms with Gasteiger partial charge in [0.05, 0.1) is 6.54 Å². The van der Waals surface area contributed by atoms with Crippen molar-refractivity contribution in [2.24, 2.45) is 4.99 Å². The monoisotopic (exact) mass is 404 g/mol. The minimum atomic E-state index is 0. The fourth-order valence-corrected chi connectivity index (χ4v) is 1.55. The highest BCUT2D eigenvalue weighted by molar-refractivity contribution is 14.0. The molecule has 0 radical (unpaired) electrons. The van der Waals surface area contributed by atoms with Crippen LogP contribution in [0.25, 0.3) is 0 Å². The van der Waals surface area contributed by atoms with Crippen molar-refractivity contribution in [2.45, 2.75) is 32.9 Å². The van der Waals surface area contributed by atoms with Crippen molar-refractivity contribution < 1.29 is 0 Å². The van der Waals surface area contributed by atoms with Crippen LogP contribution in [0.1, 0.15) is 26.3 Å². The van der Waals surface area contributed by atoms with Gasteiger partial charge in [0.25, 0.3) is 0 Å². The van der Waals surface area contributed by atoms with Crippen molar-refractivity contribution >= 4 is 29.9 Å². The lowest BCUT2D eigenvalue weighted by atomic mass is 10.0. The maximum Gasteiger partial charge on any atom is 0.191 e. The van der Waals surface area contributed by atoms with E-state index in [9.17, 15) is 0 Å². The van der Waals surface area contributed by atoms with Crippen LogP contribution < -0.4 is 10.6 Å². The lowest BCUT2D eigenvalue weighted by Gasteiger charge is -2.33. The van der Waals surface area contributed by atoms with E-state index in [0.29, 0.717) is 6.54 Å². The third kappa shape index (κ3) is 7.66. The van der Waals surface area contributed by atoms with Gasteiger partial charge < -0.3 is 15.5 Å². The number of rotatable bonds is 6. The number of nitrogens with one attached hydrogen (secondary N) is 2. The van der Waals surface area contributed by atoms with Crippen molar-refractivity contribution in [3.63, 3.8) is 0 Å². The molecule has 21 heavy (non-hydrogen) atoms. The highest BCUT2D eigenvalue weighted by Gasteiger charge is 2.20. The molecule has 0 aliphatic carbocycles.